The van der Waals surface area contributed by atoms with E-state index in [9.17, 15) is 0 Å². The lowest BCUT2D eigenvalue weighted by molar-refractivity contribution is 0.0857. The van der Waals surface area contributed by atoms with Crippen molar-refractivity contribution in [2.45, 2.75) is 65.2 Å². The third-order valence-electron chi connectivity index (χ3n) is 2.92. The maximum atomic E-state index is 8.51. The molecule has 4 nitrogen and oxygen atoms in total. The summed E-state index contributed by atoms with van der Waals surface area (Å²) in [6.45, 7) is 4.36. The van der Waals surface area contributed by atoms with Crippen LogP contribution in [0.25, 0.3) is 0 Å². The number of aliphatic hydroxyl groups excluding tert-OH is 4. The van der Waals surface area contributed by atoms with E-state index in [1.165, 1.54) is 25.7 Å². The van der Waals surface area contributed by atoms with Gasteiger partial charge in [0.15, 0.2) is 0 Å². The summed E-state index contributed by atoms with van der Waals surface area (Å²) < 4.78 is 0. The summed E-state index contributed by atoms with van der Waals surface area (Å²) in [5.41, 5.74) is -0.306. The molecule has 0 saturated heterocycles. The van der Waals surface area contributed by atoms with Crippen molar-refractivity contribution in [3.63, 3.8) is 0 Å². The van der Waals surface area contributed by atoms with Gasteiger partial charge >= 0.3 is 0 Å². The highest BCUT2D eigenvalue weighted by atomic mass is 16.3. The minimum atomic E-state index is -0.306. The minimum Gasteiger partial charge on any atom is -0.396 e. The molecule has 0 spiro atoms. The van der Waals surface area contributed by atoms with Gasteiger partial charge in [0, 0.05) is 18.6 Å². The van der Waals surface area contributed by atoms with Gasteiger partial charge in [-0.1, -0.05) is 52.4 Å². The van der Waals surface area contributed by atoms with Gasteiger partial charge in [-0.05, 0) is 12.8 Å². The van der Waals surface area contributed by atoms with Gasteiger partial charge in [0.05, 0.1) is 13.2 Å². The fraction of sp³-hybridized carbons (Fsp3) is 1.00. The highest BCUT2D eigenvalue weighted by Crippen LogP contribution is 2.10. The smallest absolute Gasteiger partial charge is 0.0504 e. The Morgan fingerprint density at radius 2 is 0.789 bits per heavy atom. The summed E-state index contributed by atoms with van der Waals surface area (Å²) in [7, 11) is 0. The van der Waals surface area contributed by atoms with E-state index in [2.05, 4.69) is 0 Å². The van der Waals surface area contributed by atoms with E-state index in [4.69, 9.17) is 20.4 Å². The van der Waals surface area contributed by atoms with Crippen LogP contribution < -0.4 is 0 Å². The summed E-state index contributed by atoms with van der Waals surface area (Å²) in [6, 6.07) is 0. The van der Waals surface area contributed by atoms with Crippen LogP contribution >= 0.6 is 0 Å². The summed E-state index contributed by atoms with van der Waals surface area (Å²) >= 11 is 0. The lowest BCUT2D eigenvalue weighted by Gasteiger charge is -2.16. The highest BCUT2D eigenvalue weighted by molar-refractivity contribution is 4.62. The highest BCUT2D eigenvalue weighted by Gasteiger charge is 2.13. The van der Waals surface area contributed by atoms with Crippen LogP contribution in [0.15, 0.2) is 0 Å². The molecule has 4 N–H and O–H groups in total. The normalized spacial score (nSPS) is 11.1. The topological polar surface area (TPSA) is 80.9 Å². The van der Waals surface area contributed by atoms with E-state index in [0.29, 0.717) is 13.2 Å². The molecule has 0 fully saturated rings. The summed E-state index contributed by atoms with van der Waals surface area (Å²) in [5.74, 6) is 0. The molecule has 0 aliphatic heterocycles. The molecule has 0 saturated carbocycles. The quantitative estimate of drug-likeness (QED) is 0.436. The van der Waals surface area contributed by atoms with Crippen LogP contribution in [0, 0.1) is 5.41 Å². The largest absolute Gasteiger partial charge is 0.396 e. The molecular formula is C15H34O4. The van der Waals surface area contributed by atoms with Gasteiger partial charge in [-0.3, -0.25) is 0 Å². The first kappa shape index (κ1) is 21.1. The maximum absolute atomic E-state index is 8.51. The molecule has 0 atom stereocenters. The second kappa shape index (κ2) is 15.9. The van der Waals surface area contributed by atoms with Crippen LogP contribution in [-0.4, -0.2) is 46.9 Å². The van der Waals surface area contributed by atoms with E-state index in [1.807, 2.05) is 0 Å². The molecule has 4 heteroatoms. The number of unbranched alkanes of at least 4 members (excludes halogenated alkanes) is 7. The average Bonchev–Trinajstić information content (AvgIpc) is 2.42. The predicted octanol–water partition coefficient (Wildman–Crippen LogP) is 2.09. The summed E-state index contributed by atoms with van der Waals surface area (Å²) in [5, 5.41) is 33.9. The van der Waals surface area contributed by atoms with E-state index in [1.54, 1.807) is 13.8 Å². The van der Waals surface area contributed by atoms with Crippen molar-refractivity contribution in [1.82, 2.24) is 0 Å². The third-order valence-corrected chi connectivity index (χ3v) is 2.92. The van der Waals surface area contributed by atoms with E-state index >= 15 is 0 Å². The van der Waals surface area contributed by atoms with Gasteiger partial charge < -0.3 is 20.4 Å². The fourth-order valence-corrected chi connectivity index (χ4v) is 1.33. The van der Waals surface area contributed by atoms with Crippen LogP contribution in [0.3, 0.4) is 0 Å². The zero-order valence-corrected chi connectivity index (χ0v) is 12.8. The molecule has 0 aromatic heterocycles. The molecule has 118 valence electrons. The van der Waals surface area contributed by atoms with Crippen LogP contribution in [0.5, 0.6) is 0 Å². The van der Waals surface area contributed by atoms with Gasteiger partial charge in [-0.15, -0.1) is 0 Å². The lowest BCUT2D eigenvalue weighted by atomic mass is 9.97. The van der Waals surface area contributed by atoms with Crippen molar-refractivity contribution >= 4 is 0 Å². The van der Waals surface area contributed by atoms with E-state index in [-0.39, 0.29) is 18.6 Å². The Bertz CT molecular complexity index is 144. The first-order valence-corrected chi connectivity index (χ1v) is 7.47. The van der Waals surface area contributed by atoms with Crippen molar-refractivity contribution in [2.75, 3.05) is 26.4 Å². The first-order valence-electron chi connectivity index (χ1n) is 7.47. The molecule has 0 unspecified atom stereocenters. The Balaban J connectivity index is 0. The van der Waals surface area contributed by atoms with Gasteiger partial charge in [-0.2, -0.15) is 0 Å². The van der Waals surface area contributed by atoms with E-state index in [0.717, 1.165) is 25.7 Å². The molecule has 0 aromatic rings. The molecule has 0 rings (SSSR count). The van der Waals surface area contributed by atoms with Crippen molar-refractivity contribution in [3.05, 3.63) is 0 Å². The number of aliphatic hydroxyl groups is 4. The second-order valence-corrected chi connectivity index (χ2v) is 5.76. The average molecular weight is 278 g/mol. The third kappa shape index (κ3) is 20.3. The van der Waals surface area contributed by atoms with Crippen LogP contribution in [0.2, 0.25) is 0 Å². The minimum absolute atomic E-state index is 0.0451. The molecular weight excluding hydrogens is 244 g/mol. The standard InChI is InChI=1S/C10H22O2.C5H12O2/c11-9-7-5-3-1-2-4-6-8-10-12;1-5(2,3-6)4-7/h11-12H,1-10H2;6-7H,3-4H2,1-2H3. The van der Waals surface area contributed by atoms with Crippen molar-refractivity contribution in [1.29, 1.82) is 0 Å². The second-order valence-electron chi connectivity index (χ2n) is 5.76. The summed E-state index contributed by atoms with van der Waals surface area (Å²) in [4.78, 5) is 0. The van der Waals surface area contributed by atoms with Gasteiger partial charge in [0.1, 0.15) is 0 Å². The zero-order valence-electron chi connectivity index (χ0n) is 12.8. The van der Waals surface area contributed by atoms with Crippen molar-refractivity contribution in [3.8, 4) is 0 Å². The maximum Gasteiger partial charge on any atom is 0.0504 e. The molecule has 0 heterocycles. The summed E-state index contributed by atoms with van der Waals surface area (Å²) in [6.07, 6.45) is 9.30. The molecule has 0 aliphatic rings. The monoisotopic (exact) mass is 278 g/mol. The van der Waals surface area contributed by atoms with Crippen molar-refractivity contribution in [2.24, 2.45) is 5.41 Å². The first-order chi connectivity index (χ1) is 9.04. The van der Waals surface area contributed by atoms with Crippen LogP contribution in [-0.2, 0) is 0 Å². The number of hydrogen-bond donors (Lipinski definition) is 4. The SMILES string of the molecule is CC(C)(CO)CO.OCCCCCCCCCCO. The van der Waals surface area contributed by atoms with E-state index < -0.39 is 0 Å². The van der Waals surface area contributed by atoms with Gasteiger partial charge in [-0.25, -0.2) is 0 Å². The van der Waals surface area contributed by atoms with Crippen LogP contribution in [0.4, 0.5) is 0 Å². The van der Waals surface area contributed by atoms with Crippen LogP contribution in [0.1, 0.15) is 65.2 Å². The molecule has 0 aliphatic carbocycles. The molecule has 0 radical (unpaired) electrons. The Morgan fingerprint density at radius 3 is 0.947 bits per heavy atom. The van der Waals surface area contributed by atoms with Gasteiger partial charge in [0.2, 0.25) is 0 Å². The molecule has 0 amide bonds. The molecule has 19 heavy (non-hydrogen) atoms. The Hall–Kier alpha value is -0.160. The number of rotatable bonds is 11. The predicted molar refractivity (Wildman–Crippen MR) is 79.1 cm³/mol. The van der Waals surface area contributed by atoms with Crippen molar-refractivity contribution < 1.29 is 20.4 Å². The Labute approximate surface area is 118 Å². The molecule has 0 aromatic carbocycles. The number of hydrogen-bond acceptors (Lipinski definition) is 4. The zero-order chi connectivity index (χ0) is 15.0. The Kier molecular flexibility index (Phi) is 17.7. The molecule has 0 bridgehead atoms. The van der Waals surface area contributed by atoms with Gasteiger partial charge in [0.25, 0.3) is 0 Å². The fourth-order valence-electron chi connectivity index (χ4n) is 1.33. The Morgan fingerprint density at radius 1 is 0.526 bits per heavy atom. The lowest BCUT2D eigenvalue weighted by Crippen LogP contribution is -2.20.